The number of carbonyl (C=O) groups excluding carboxylic acids is 1. The van der Waals surface area contributed by atoms with E-state index in [1.165, 1.54) is 0 Å². The summed E-state index contributed by atoms with van der Waals surface area (Å²) in [5.74, 6) is 1.03. The van der Waals surface area contributed by atoms with E-state index in [1.54, 1.807) is 0 Å². The third-order valence-corrected chi connectivity index (χ3v) is 2.82. The third-order valence-electron chi connectivity index (χ3n) is 2.82. The Bertz CT molecular complexity index is 288. The molecule has 0 aromatic heterocycles. The van der Waals surface area contributed by atoms with Crippen LogP contribution in [0.4, 0.5) is 0 Å². The SMILES string of the molecule is CCNC(=NCCC(=O)N1CCCC1)NC(C)C.I. The average Bonchev–Trinajstić information content (AvgIpc) is 2.81. The lowest BCUT2D eigenvalue weighted by molar-refractivity contribution is -0.129. The van der Waals surface area contributed by atoms with Crippen molar-refractivity contribution < 1.29 is 4.79 Å². The van der Waals surface area contributed by atoms with Crippen LogP contribution in [0, 0.1) is 0 Å². The van der Waals surface area contributed by atoms with E-state index in [2.05, 4.69) is 29.5 Å². The maximum Gasteiger partial charge on any atom is 0.224 e. The van der Waals surface area contributed by atoms with Crippen LogP contribution in [0.3, 0.4) is 0 Å². The molecular weight excluding hydrogens is 355 g/mol. The van der Waals surface area contributed by atoms with Crippen molar-refractivity contribution in [3.05, 3.63) is 0 Å². The molecule has 0 aromatic rings. The zero-order valence-corrected chi connectivity index (χ0v) is 14.6. The third kappa shape index (κ3) is 7.59. The summed E-state index contributed by atoms with van der Waals surface area (Å²) in [5, 5.41) is 6.41. The van der Waals surface area contributed by atoms with Gasteiger partial charge in [0.05, 0.1) is 6.54 Å². The van der Waals surface area contributed by atoms with Gasteiger partial charge in [-0.1, -0.05) is 0 Å². The molecule has 0 unspecified atom stereocenters. The molecule has 0 aromatic carbocycles. The lowest BCUT2D eigenvalue weighted by Gasteiger charge is -2.16. The number of halogens is 1. The largest absolute Gasteiger partial charge is 0.357 e. The van der Waals surface area contributed by atoms with E-state index in [1.807, 2.05) is 11.8 Å². The molecule has 1 aliphatic rings. The minimum absolute atomic E-state index is 0. The highest BCUT2D eigenvalue weighted by Crippen LogP contribution is 2.08. The number of aliphatic imine (C=N–C) groups is 1. The number of amides is 1. The molecule has 1 rings (SSSR count). The highest BCUT2D eigenvalue weighted by molar-refractivity contribution is 14.0. The molecule has 1 aliphatic heterocycles. The summed E-state index contributed by atoms with van der Waals surface area (Å²) in [6.07, 6.45) is 2.80. The van der Waals surface area contributed by atoms with Crippen molar-refractivity contribution in [1.82, 2.24) is 15.5 Å². The van der Waals surface area contributed by atoms with Crippen molar-refractivity contribution in [2.45, 2.75) is 46.1 Å². The Morgan fingerprint density at radius 3 is 2.47 bits per heavy atom. The minimum Gasteiger partial charge on any atom is -0.357 e. The Kier molecular flexibility index (Phi) is 9.99. The predicted molar refractivity (Wildman–Crippen MR) is 90.1 cm³/mol. The molecule has 19 heavy (non-hydrogen) atoms. The standard InChI is InChI=1S/C13H26N4O.HI/c1-4-14-13(16-11(2)3)15-8-7-12(18)17-9-5-6-10-17;/h11H,4-10H2,1-3H3,(H2,14,15,16);1H. The number of likely N-dealkylation sites (tertiary alicyclic amines) is 1. The van der Waals surface area contributed by atoms with E-state index in [4.69, 9.17) is 0 Å². The summed E-state index contributed by atoms with van der Waals surface area (Å²) in [7, 11) is 0. The van der Waals surface area contributed by atoms with E-state index >= 15 is 0 Å². The molecule has 0 atom stereocenters. The Morgan fingerprint density at radius 2 is 1.95 bits per heavy atom. The number of hydrogen-bond donors (Lipinski definition) is 2. The highest BCUT2D eigenvalue weighted by atomic mass is 127. The molecule has 5 nitrogen and oxygen atoms in total. The van der Waals surface area contributed by atoms with Gasteiger partial charge in [0.15, 0.2) is 5.96 Å². The van der Waals surface area contributed by atoms with E-state index in [-0.39, 0.29) is 29.9 Å². The van der Waals surface area contributed by atoms with Crippen LogP contribution in [-0.2, 0) is 4.79 Å². The van der Waals surface area contributed by atoms with Crippen molar-refractivity contribution in [2.24, 2.45) is 4.99 Å². The van der Waals surface area contributed by atoms with Crippen molar-refractivity contribution in [2.75, 3.05) is 26.2 Å². The Balaban J connectivity index is 0.00000324. The molecule has 0 spiro atoms. The molecule has 0 radical (unpaired) electrons. The quantitative estimate of drug-likeness (QED) is 0.431. The van der Waals surface area contributed by atoms with Gasteiger partial charge in [0.25, 0.3) is 0 Å². The maximum absolute atomic E-state index is 11.8. The topological polar surface area (TPSA) is 56.7 Å². The molecule has 112 valence electrons. The second-order valence-corrected chi connectivity index (χ2v) is 4.90. The number of guanidine groups is 1. The van der Waals surface area contributed by atoms with Gasteiger partial charge in [0.2, 0.25) is 5.91 Å². The average molecular weight is 382 g/mol. The van der Waals surface area contributed by atoms with Crippen molar-refractivity contribution >= 4 is 35.8 Å². The van der Waals surface area contributed by atoms with Gasteiger partial charge in [-0.25, -0.2) is 0 Å². The van der Waals surface area contributed by atoms with Crippen LogP contribution in [0.1, 0.15) is 40.0 Å². The van der Waals surface area contributed by atoms with Crippen LogP contribution >= 0.6 is 24.0 Å². The Hall–Kier alpha value is -0.530. The number of nitrogens with one attached hydrogen (secondary N) is 2. The highest BCUT2D eigenvalue weighted by Gasteiger charge is 2.16. The van der Waals surface area contributed by atoms with E-state index in [0.717, 1.165) is 38.4 Å². The lowest BCUT2D eigenvalue weighted by atomic mass is 10.3. The summed E-state index contributed by atoms with van der Waals surface area (Å²) in [6.45, 7) is 9.41. The number of rotatable bonds is 5. The van der Waals surface area contributed by atoms with Gasteiger partial charge in [-0.3, -0.25) is 9.79 Å². The zero-order chi connectivity index (χ0) is 13.4. The molecule has 1 fully saturated rings. The molecular formula is C13H27IN4O. The van der Waals surface area contributed by atoms with E-state index < -0.39 is 0 Å². The molecule has 1 saturated heterocycles. The minimum atomic E-state index is 0. The van der Waals surface area contributed by atoms with Crippen LogP contribution in [0.2, 0.25) is 0 Å². The van der Waals surface area contributed by atoms with Gasteiger partial charge in [0, 0.05) is 32.1 Å². The summed E-state index contributed by atoms with van der Waals surface area (Å²) < 4.78 is 0. The molecule has 1 heterocycles. The van der Waals surface area contributed by atoms with Gasteiger partial charge in [-0.15, -0.1) is 24.0 Å². The fourth-order valence-corrected chi connectivity index (χ4v) is 1.98. The van der Waals surface area contributed by atoms with E-state index in [0.29, 0.717) is 19.0 Å². The fraction of sp³-hybridized carbons (Fsp3) is 0.846. The molecule has 1 amide bonds. The first-order chi connectivity index (χ1) is 8.63. The molecule has 0 saturated carbocycles. The lowest BCUT2D eigenvalue weighted by Crippen LogP contribution is -2.41. The van der Waals surface area contributed by atoms with Crippen molar-refractivity contribution in [1.29, 1.82) is 0 Å². The zero-order valence-electron chi connectivity index (χ0n) is 12.2. The molecule has 0 aliphatic carbocycles. The number of carbonyl (C=O) groups is 1. The van der Waals surface area contributed by atoms with Crippen LogP contribution < -0.4 is 10.6 Å². The monoisotopic (exact) mass is 382 g/mol. The van der Waals surface area contributed by atoms with Crippen molar-refractivity contribution in [3.63, 3.8) is 0 Å². The first-order valence-corrected chi connectivity index (χ1v) is 6.96. The molecule has 0 bridgehead atoms. The van der Waals surface area contributed by atoms with Gasteiger partial charge in [-0.2, -0.15) is 0 Å². The summed E-state index contributed by atoms with van der Waals surface area (Å²) in [4.78, 5) is 18.2. The summed E-state index contributed by atoms with van der Waals surface area (Å²) >= 11 is 0. The maximum atomic E-state index is 11.8. The second-order valence-electron chi connectivity index (χ2n) is 4.90. The second kappa shape index (κ2) is 10.3. The number of hydrogen-bond acceptors (Lipinski definition) is 2. The summed E-state index contributed by atoms with van der Waals surface area (Å²) in [5.41, 5.74) is 0. The molecule has 2 N–H and O–H groups in total. The fourth-order valence-electron chi connectivity index (χ4n) is 1.98. The Labute approximate surface area is 133 Å². The van der Waals surface area contributed by atoms with Gasteiger partial charge < -0.3 is 15.5 Å². The van der Waals surface area contributed by atoms with Crippen LogP contribution in [0.5, 0.6) is 0 Å². The summed E-state index contributed by atoms with van der Waals surface area (Å²) in [6, 6.07) is 0.345. The normalized spacial score (nSPS) is 15.4. The van der Waals surface area contributed by atoms with E-state index in [9.17, 15) is 4.79 Å². The van der Waals surface area contributed by atoms with Crippen LogP contribution in [-0.4, -0.2) is 49.0 Å². The van der Waals surface area contributed by atoms with Crippen molar-refractivity contribution in [3.8, 4) is 0 Å². The van der Waals surface area contributed by atoms with Crippen LogP contribution in [0.15, 0.2) is 4.99 Å². The Morgan fingerprint density at radius 1 is 1.32 bits per heavy atom. The first kappa shape index (κ1) is 18.5. The number of nitrogens with zero attached hydrogens (tertiary/aromatic N) is 2. The predicted octanol–water partition coefficient (Wildman–Crippen LogP) is 1.58. The van der Waals surface area contributed by atoms with Gasteiger partial charge >= 0.3 is 0 Å². The first-order valence-electron chi connectivity index (χ1n) is 6.96. The molecule has 6 heteroatoms. The van der Waals surface area contributed by atoms with Crippen LogP contribution in [0.25, 0.3) is 0 Å². The van der Waals surface area contributed by atoms with Gasteiger partial charge in [0.1, 0.15) is 0 Å². The smallest absolute Gasteiger partial charge is 0.224 e. The van der Waals surface area contributed by atoms with Gasteiger partial charge in [-0.05, 0) is 33.6 Å².